The van der Waals surface area contributed by atoms with Crippen molar-refractivity contribution < 1.29 is 22.8 Å². The van der Waals surface area contributed by atoms with Gasteiger partial charge in [-0.15, -0.1) is 0 Å². The molecular formula is C25H22F3N3O2. The van der Waals surface area contributed by atoms with E-state index in [9.17, 15) is 22.8 Å². The number of aromatic nitrogens is 1. The quantitative estimate of drug-likeness (QED) is 0.503. The highest BCUT2D eigenvalue weighted by atomic mass is 19.2. The maximum absolute atomic E-state index is 14.6. The molecule has 2 atom stereocenters. The Morgan fingerprint density at radius 1 is 1.00 bits per heavy atom. The Labute approximate surface area is 189 Å². The van der Waals surface area contributed by atoms with E-state index in [0.717, 1.165) is 6.92 Å². The third kappa shape index (κ3) is 3.86. The third-order valence-corrected chi connectivity index (χ3v) is 5.88. The van der Waals surface area contributed by atoms with E-state index in [1.165, 1.54) is 11.8 Å². The van der Waals surface area contributed by atoms with Gasteiger partial charge in [-0.25, -0.2) is 13.8 Å². The molecule has 33 heavy (non-hydrogen) atoms. The van der Waals surface area contributed by atoms with E-state index in [1.807, 2.05) is 30.3 Å². The lowest BCUT2D eigenvalue weighted by Gasteiger charge is -2.43. The largest absolute Gasteiger partial charge is 0.305 e. The highest BCUT2D eigenvalue weighted by Gasteiger charge is 2.40. The molecule has 5 nitrogen and oxygen atoms in total. The first-order valence-electron chi connectivity index (χ1n) is 10.5. The number of carbonyl (C=O) groups excluding carboxylic acids is 2. The first-order valence-corrected chi connectivity index (χ1v) is 10.5. The molecule has 4 rings (SSSR count). The number of anilines is 2. The molecule has 3 aromatic rings. The van der Waals surface area contributed by atoms with Crippen molar-refractivity contribution in [2.45, 2.75) is 39.3 Å². The number of nitrogens with zero attached hydrogens (tertiary/aromatic N) is 3. The van der Waals surface area contributed by atoms with E-state index in [1.54, 1.807) is 36.1 Å². The minimum atomic E-state index is -1.56. The van der Waals surface area contributed by atoms with Crippen molar-refractivity contribution in [1.82, 2.24) is 4.98 Å². The summed E-state index contributed by atoms with van der Waals surface area (Å²) >= 11 is 0. The number of pyridine rings is 1. The lowest BCUT2D eigenvalue weighted by Crippen LogP contribution is -2.48. The molecule has 1 aliphatic rings. The number of hydrogen-bond acceptors (Lipinski definition) is 3. The van der Waals surface area contributed by atoms with Gasteiger partial charge in [0.2, 0.25) is 11.9 Å². The number of para-hydroxylation sites is 2. The van der Waals surface area contributed by atoms with Gasteiger partial charge in [0, 0.05) is 24.3 Å². The summed E-state index contributed by atoms with van der Waals surface area (Å²) in [4.78, 5) is 32.2. The van der Waals surface area contributed by atoms with Crippen LogP contribution in [0.4, 0.5) is 24.5 Å². The number of amides is 2. The average Bonchev–Trinajstić information content (AvgIpc) is 2.78. The first-order chi connectivity index (χ1) is 15.7. The van der Waals surface area contributed by atoms with Gasteiger partial charge in [0.25, 0.3) is 5.91 Å². The van der Waals surface area contributed by atoms with Crippen LogP contribution in [0.25, 0.3) is 0 Å². The zero-order chi connectivity index (χ0) is 23.9. The van der Waals surface area contributed by atoms with Gasteiger partial charge >= 0.3 is 0 Å². The number of halogens is 3. The fourth-order valence-corrected chi connectivity index (χ4v) is 4.42. The molecule has 1 aromatic heterocycles. The molecule has 1 aliphatic heterocycles. The van der Waals surface area contributed by atoms with Crippen LogP contribution in [0.1, 0.15) is 47.9 Å². The van der Waals surface area contributed by atoms with E-state index in [-0.39, 0.29) is 5.91 Å². The van der Waals surface area contributed by atoms with Crippen LogP contribution < -0.4 is 9.80 Å². The van der Waals surface area contributed by atoms with Crippen LogP contribution in [-0.2, 0) is 4.79 Å². The fourth-order valence-electron chi connectivity index (χ4n) is 4.42. The summed E-state index contributed by atoms with van der Waals surface area (Å²) in [6.45, 7) is 4.31. The predicted molar refractivity (Wildman–Crippen MR) is 119 cm³/mol. The highest BCUT2D eigenvalue weighted by Crippen LogP contribution is 2.43. The van der Waals surface area contributed by atoms with Crippen molar-refractivity contribution >= 4 is 23.2 Å². The van der Waals surface area contributed by atoms with Gasteiger partial charge in [-0.05, 0) is 44.0 Å². The van der Waals surface area contributed by atoms with Gasteiger partial charge in [-0.3, -0.25) is 9.59 Å². The van der Waals surface area contributed by atoms with Crippen LogP contribution in [0.3, 0.4) is 0 Å². The molecule has 2 amide bonds. The van der Waals surface area contributed by atoms with E-state index in [0.29, 0.717) is 23.4 Å². The van der Waals surface area contributed by atoms with Gasteiger partial charge in [-0.2, -0.15) is 4.39 Å². The highest BCUT2D eigenvalue weighted by molar-refractivity contribution is 6.07. The lowest BCUT2D eigenvalue weighted by molar-refractivity contribution is -0.117. The van der Waals surface area contributed by atoms with Crippen LogP contribution >= 0.6 is 0 Å². The molecule has 0 bridgehead atoms. The maximum Gasteiger partial charge on any atom is 0.266 e. The average molecular weight is 453 g/mol. The zero-order valence-corrected chi connectivity index (χ0v) is 18.3. The molecule has 170 valence electrons. The minimum Gasteiger partial charge on any atom is -0.305 e. The van der Waals surface area contributed by atoms with E-state index in [4.69, 9.17) is 0 Å². The molecule has 0 N–H and O–H groups in total. The minimum absolute atomic E-state index is 0.185. The Hall–Kier alpha value is -3.68. The van der Waals surface area contributed by atoms with Crippen LogP contribution in [-0.4, -0.2) is 22.8 Å². The van der Waals surface area contributed by atoms with E-state index in [2.05, 4.69) is 4.98 Å². The maximum atomic E-state index is 14.6. The van der Waals surface area contributed by atoms with Gasteiger partial charge in [0.15, 0.2) is 11.6 Å². The van der Waals surface area contributed by atoms with Gasteiger partial charge < -0.3 is 9.80 Å². The Bertz CT molecular complexity index is 1230. The summed E-state index contributed by atoms with van der Waals surface area (Å²) in [6, 6.07) is 15.0. The normalized spacial score (nSPS) is 17.5. The molecule has 2 aromatic carbocycles. The number of fused-ring (bicyclic) bond motifs is 1. The Morgan fingerprint density at radius 2 is 1.64 bits per heavy atom. The Balaban J connectivity index is 1.83. The van der Waals surface area contributed by atoms with Crippen molar-refractivity contribution in [2.24, 2.45) is 0 Å². The fraction of sp³-hybridized carbons (Fsp3) is 0.240. The molecule has 8 heteroatoms. The van der Waals surface area contributed by atoms with Crippen molar-refractivity contribution in [2.75, 3.05) is 9.80 Å². The molecule has 0 saturated heterocycles. The third-order valence-electron chi connectivity index (χ3n) is 5.88. The second-order valence-electron chi connectivity index (χ2n) is 8.05. The lowest BCUT2D eigenvalue weighted by atomic mass is 9.89. The van der Waals surface area contributed by atoms with Gasteiger partial charge in [0.05, 0.1) is 11.7 Å². The summed E-state index contributed by atoms with van der Waals surface area (Å²) in [6.07, 6.45) is 0.308. The summed E-state index contributed by atoms with van der Waals surface area (Å²) in [5.41, 5.74) is 0.231. The Morgan fingerprint density at radius 3 is 2.30 bits per heavy atom. The summed E-state index contributed by atoms with van der Waals surface area (Å²) in [5.74, 6) is -5.49. The van der Waals surface area contributed by atoms with Crippen LogP contribution in [0.2, 0.25) is 0 Å². The van der Waals surface area contributed by atoms with E-state index < -0.39 is 46.8 Å². The number of rotatable bonds is 3. The number of hydrogen-bond donors (Lipinski definition) is 0. The zero-order valence-electron chi connectivity index (χ0n) is 18.3. The molecular weight excluding hydrogens is 431 g/mol. The topological polar surface area (TPSA) is 53.5 Å². The van der Waals surface area contributed by atoms with Crippen molar-refractivity contribution in [3.05, 3.63) is 89.0 Å². The molecule has 0 fully saturated rings. The Kier molecular flexibility index (Phi) is 5.93. The monoisotopic (exact) mass is 453 g/mol. The molecule has 0 radical (unpaired) electrons. The van der Waals surface area contributed by atoms with E-state index >= 15 is 0 Å². The summed E-state index contributed by atoms with van der Waals surface area (Å²) in [5, 5.41) is 0. The first kappa shape index (κ1) is 22.5. The molecule has 0 aliphatic carbocycles. The SMILES string of the molecule is CC(=O)N(c1ccccc1)C1CC(C)N(C(=O)c2c(F)nc(C)c(F)c2F)c2ccccc21. The molecule has 0 spiro atoms. The van der Waals surface area contributed by atoms with Crippen LogP contribution in [0.15, 0.2) is 54.6 Å². The standard InChI is InChI=1S/C25H22F3N3O2/c1-14-13-20(31(16(3)32)17-9-5-4-6-10-17)18-11-7-8-12-19(18)30(14)25(33)21-23(27)22(26)15(2)29-24(21)28/h4-12,14,20H,13H2,1-3H3. The predicted octanol–water partition coefficient (Wildman–Crippen LogP) is 5.34. The van der Waals surface area contributed by atoms with Gasteiger partial charge in [0.1, 0.15) is 5.56 Å². The number of aryl methyl sites for hydroxylation is 1. The van der Waals surface area contributed by atoms with Crippen molar-refractivity contribution in [3.63, 3.8) is 0 Å². The van der Waals surface area contributed by atoms with Crippen molar-refractivity contribution in [1.29, 1.82) is 0 Å². The van der Waals surface area contributed by atoms with Crippen molar-refractivity contribution in [3.8, 4) is 0 Å². The van der Waals surface area contributed by atoms with Crippen LogP contribution in [0, 0.1) is 24.5 Å². The number of carbonyl (C=O) groups is 2. The molecule has 2 heterocycles. The van der Waals surface area contributed by atoms with Crippen LogP contribution in [0.5, 0.6) is 0 Å². The number of benzene rings is 2. The second kappa shape index (κ2) is 8.69. The molecule has 0 saturated carbocycles. The second-order valence-corrected chi connectivity index (χ2v) is 8.05. The summed E-state index contributed by atoms with van der Waals surface area (Å²) in [7, 11) is 0. The smallest absolute Gasteiger partial charge is 0.266 e. The molecule has 2 unspecified atom stereocenters. The summed E-state index contributed by atoms with van der Waals surface area (Å²) < 4.78 is 43.2. The van der Waals surface area contributed by atoms with Gasteiger partial charge in [-0.1, -0.05) is 36.4 Å².